The van der Waals surface area contributed by atoms with Crippen molar-refractivity contribution in [2.24, 2.45) is 0 Å². The maximum absolute atomic E-state index is 12.2. The first-order valence-corrected chi connectivity index (χ1v) is 9.40. The third kappa shape index (κ3) is 4.54. The summed E-state index contributed by atoms with van der Waals surface area (Å²) in [5.41, 5.74) is 3.55. The Balaban J connectivity index is 1.75. The van der Waals surface area contributed by atoms with Crippen LogP contribution in [0.5, 0.6) is 0 Å². The van der Waals surface area contributed by atoms with Crippen LogP contribution in [0.25, 0.3) is 16.9 Å². The lowest BCUT2D eigenvalue weighted by Gasteiger charge is -2.10. The molecule has 0 aliphatic carbocycles. The molecule has 26 heavy (non-hydrogen) atoms. The van der Waals surface area contributed by atoms with Crippen LogP contribution in [0.4, 0.5) is 18.9 Å². The van der Waals surface area contributed by atoms with E-state index < -0.39 is 28.4 Å². The first kappa shape index (κ1) is 18.2. The molecule has 0 radical (unpaired) electrons. The summed E-state index contributed by atoms with van der Waals surface area (Å²) in [6.07, 6.45) is -2.16. The number of hydrogen-bond acceptors (Lipinski definition) is 3. The van der Waals surface area contributed by atoms with Crippen LogP contribution >= 0.6 is 0 Å². The molecule has 1 N–H and O–H groups in total. The van der Waals surface area contributed by atoms with E-state index in [1.165, 1.54) is 12.1 Å². The van der Waals surface area contributed by atoms with Crippen LogP contribution < -0.4 is 4.72 Å². The maximum atomic E-state index is 12.2. The monoisotopic (exact) mass is 383 g/mol. The van der Waals surface area contributed by atoms with Gasteiger partial charge in [0.2, 0.25) is 10.0 Å². The van der Waals surface area contributed by atoms with Crippen LogP contribution in [0.1, 0.15) is 12.0 Å². The van der Waals surface area contributed by atoms with E-state index >= 15 is 0 Å². The standard InChI is InChI=1S/C17H16F3N3O2S/c1-12-6-8-23-11-15(21-16(23)10-12)13-2-4-14(5-3-13)22-26(24,25)9-7-17(18,19)20/h2-6,8,10-11,22H,7,9H2,1H3. The predicted molar refractivity (Wildman–Crippen MR) is 93.4 cm³/mol. The molecule has 0 fully saturated rings. The van der Waals surface area contributed by atoms with Crippen molar-refractivity contribution in [2.45, 2.75) is 19.5 Å². The van der Waals surface area contributed by atoms with Crippen LogP contribution in [0.2, 0.25) is 0 Å². The van der Waals surface area contributed by atoms with Crippen molar-refractivity contribution in [1.29, 1.82) is 0 Å². The van der Waals surface area contributed by atoms with Gasteiger partial charge >= 0.3 is 6.18 Å². The van der Waals surface area contributed by atoms with Gasteiger partial charge in [-0.2, -0.15) is 13.2 Å². The molecule has 1 aromatic carbocycles. The second-order valence-electron chi connectivity index (χ2n) is 5.96. The predicted octanol–water partition coefficient (Wildman–Crippen LogP) is 4.00. The van der Waals surface area contributed by atoms with Crippen LogP contribution in [-0.2, 0) is 10.0 Å². The number of imidazole rings is 1. The highest BCUT2D eigenvalue weighted by Gasteiger charge is 2.29. The number of fused-ring (bicyclic) bond motifs is 1. The van der Waals surface area contributed by atoms with E-state index in [2.05, 4.69) is 9.71 Å². The fraction of sp³-hybridized carbons (Fsp3) is 0.235. The third-order valence-corrected chi connectivity index (χ3v) is 5.01. The Kier molecular flexibility index (Phi) is 4.66. The summed E-state index contributed by atoms with van der Waals surface area (Å²) in [6.45, 7) is 1.97. The number of aromatic nitrogens is 2. The Labute approximate surface area is 148 Å². The molecule has 9 heteroatoms. The van der Waals surface area contributed by atoms with Gasteiger partial charge in [-0.25, -0.2) is 13.4 Å². The van der Waals surface area contributed by atoms with E-state index in [4.69, 9.17) is 0 Å². The Hall–Kier alpha value is -2.55. The van der Waals surface area contributed by atoms with Gasteiger partial charge in [-0.15, -0.1) is 0 Å². The number of halogens is 3. The lowest BCUT2D eigenvalue weighted by atomic mass is 10.1. The summed E-state index contributed by atoms with van der Waals surface area (Å²) >= 11 is 0. The first-order chi connectivity index (χ1) is 12.1. The second kappa shape index (κ2) is 6.64. The normalized spacial score (nSPS) is 12.5. The summed E-state index contributed by atoms with van der Waals surface area (Å²) in [4.78, 5) is 4.50. The second-order valence-corrected chi connectivity index (χ2v) is 7.80. The number of sulfonamides is 1. The topological polar surface area (TPSA) is 63.5 Å². The van der Waals surface area contributed by atoms with Gasteiger partial charge in [0.1, 0.15) is 5.65 Å². The van der Waals surface area contributed by atoms with E-state index in [1.54, 1.807) is 12.1 Å². The number of pyridine rings is 1. The number of benzene rings is 1. The minimum Gasteiger partial charge on any atom is -0.306 e. The third-order valence-electron chi connectivity index (χ3n) is 3.72. The number of alkyl halides is 3. The highest BCUT2D eigenvalue weighted by atomic mass is 32.2. The van der Waals surface area contributed by atoms with E-state index in [9.17, 15) is 21.6 Å². The lowest BCUT2D eigenvalue weighted by Crippen LogP contribution is -2.21. The van der Waals surface area contributed by atoms with Crippen LogP contribution in [0.15, 0.2) is 48.8 Å². The molecule has 0 aliphatic heterocycles. The van der Waals surface area contributed by atoms with Gasteiger partial charge in [-0.1, -0.05) is 12.1 Å². The smallest absolute Gasteiger partial charge is 0.306 e. The van der Waals surface area contributed by atoms with Crippen molar-refractivity contribution in [1.82, 2.24) is 9.38 Å². The molecule has 5 nitrogen and oxygen atoms in total. The van der Waals surface area contributed by atoms with Crippen molar-refractivity contribution >= 4 is 21.4 Å². The molecular weight excluding hydrogens is 367 g/mol. The number of rotatable bonds is 5. The summed E-state index contributed by atoms with van der Waals surface area (Å²) < 4.78 is 64.0. The van der Waals surface area contributed by atoms with Gasteiger partial charge in [-0.3, -0.25) is 4.72 Å². The maximum Gasteiger partial charge on any atom is 0.390 e. The molecule has 0 spiro atoms. The van der Waals surface area contributed by atoms with Gasteiger partial charge in [-0.05, 0) is 36.8 Å². The highest BCUT2D eigenvalue weighted by molar-refractivity contribution is 7.92. The fourth-order valence-corrected chi connectivity index (χ4v) is 3.51. The molecule has 3 rings (SSSR count). The van der Waals surface area contributed by atoms with Gasteiger partial charge in [0.25, 0.3) is 0 Å². The number of nitrogens with zero attached hydrogens (tertiary/aromatic N) is 2. The van der Waals surface area contributed by atoms with Gasteiger partial charge in [0.15, 0.2) is 0 Å². The zero-order chi connectivity index (χ0) is 18.9. The number of nitrogens with one attached hydrogen (secondary N) is 1. The van der Waals surface area contributed by atoms with Crippen LogP contribution in [0, 0.1) is 6.92 Å². The van der Waals surface area contributed by atoms with Crippen molar-refractivity contribution in [3.05, 3.63) is 54.4 Å². The molecule has 0 aliphatic rings. The molecule has 0 bridgehead atoms. The largest absolute Gasteiger partial charge is 0.390 e. The van der Waals surface area contributed by atoms with E-state index in [0.717, 1.165) is 16.8 Å². The average molecular weight is 383 g/mol. The number of hydrogen-bond donors (Lipinski definition) is 1. The lowest BCUT2D eigenvalue weighted by molar-refractivity contribution is -0.129. The molecule has 2 heterocycles. The zero-order valence-corrected chi connectivity index (χ0v) is 14.6. The SMILES string of the molecule is Cc1ccn2cc(-c3ccc(NS(=O)(=O)CCC(F)(F)F)cc3)nc2c1. The van der Waals surface area contributed by atoms with Crippen LogP contribution in [-0.4, -0.2) is 29.7 Å². The molecule has 0 saturated heterocycles. The van der Waals surface area contributed by atoms with Crippen molar-refractivity contribution < 1.29 is 21.6 Å². The van der Waals surface area contributed by atoms with Gasteiger partial charge in [0.05, 0.1) is 17.9 Å². The molecule has 138 valence electrons. The first-order valence-electron chi connectivity index (χ1n) is 7.74. The summed E-state index contributed by atoms with van der Waals surface area (Å²) in [5.74, 6) is -1.01. The summed E-state index contributed by atoms with van der Waals surface area (Å²) in [7, 11) is -4.06. The average Bonchev–Trinajstić information content (AvgIpc) is 2.96. The molecule has 0 saturated carbocycles. The minimum atomic E-state index is -4.51. The van der Waals surface area contributed by atoms with E-state index in [-0.39, 0.29) is 5.69 Å². The summed E-state index contributed by atoms with van der Waals surface area (Å²) in [6, 6.07) is 10.2. The summed E-state index contributed by atoms with van der Waals surface area (Å²) in [5, 5.41) is 0. The molecule has 0 unspecified atom stereocenters. The molecule has 3 aromatic rings. The molecule has 2 aromatic heterocycles. The number of anilines is 1. The quantitative estimate of drug-likeness (QED) is 0.724. The van der Waals surface area contributed by atoms with E-state index in [1.807, 2.05) is 35.9 Å². The minimum absolute atomic E-state index is 0.204. The van der Waals surface area contributed by atoms with Crippen molar-refractivity contribution in [3.8, 4) is 11.3 Å². The van der Waals surface area contributed by atoms with Gasteiger partial charge < -0.3 is 4.40 Å². The molecular formula is C17H16F3N3O2S. The Morgan fingerprint density at radius 2 is 1.85 bits per heavy atom. The fourth-order valence-electron chi connectivity index (χ4n) is 2.41. The van der Waals surface area contributed by atoms with Crippen molar-refractivity contribution in [3.63, 3.8) is 0 Å². The Morgan fingerprint density at radius 1 is 1.15 bits per heavy atom. The molecule has 0 amide bonds. The Morgan fingerprint density at radius 3 is 2.50 bits per heavy atom. The van der Waals surface area contributed by atoms with Crippen LogP contribution in [0.3, 0.4) is 0 Å². The number of aryl methyl sites for hydroxylation is 1. The Bertz CT molecular complexity index is 1030. The molecule has 0 atom stereocenters. The van der Waals surface area contributed by atoms with E-state index in [0.29, 0.717) is 5.69 Å². The highest BCUT2D eigenvalue weighted by Crippen LogP contribution is 2.23. The van der Waals surface area contributed by atoms with Crippen molar-refractivity contribution in [2.75, 3.05) is 10.5 Å². The zero-order valence-electron chi connectivity index (χ0n) is 13.8. The van der Waals surface area contributed by atoms with Gasteiger partial charge in [0, 0.05) is 23.6 Å².